The summed E-state index contributed by atoms with van der Waals surface area (Å²) in [7, 11) is 0. The molecule has 2 aliphatic rings. The zero-order chi connectivity index (χ0) is 32.9. The molecular formula is C33H32N12O3. The normalized spacial score (nSPS) is 14.9. The number of rotatable bonds is 5. The molecule has 0 bridgehead atoms. The van der Waals surface area contributed by atoms with Crippen LogP contribution in [0.1, 0.15) is 34.0 Å². The minimum Gasteiger partial charge on any atom is -0.424 e. The van der Waals surface area contributed by atoms with Gasteiger partial charge < -0.3 is 30.6 Å². The van der Waals surface area contributed by atoms with Gasteiger partial charge in [-0.1, -0.05) is 18.2 Å². The topological polar surface area (TPSA) is 191 Å². The lowest BCUT2D eigenvalue weighted by Gasteiger charge is -2.34. The number of anilines is 3. The Morgan fingerprint density at radius 2 is 1.71 bits per heavy atom. The molecule has 6 aromatic rings. The third-order valence-corrected chi connectivity index (χ3v) is 9.03. The molecule has 4 N–H and O–H groups in total. The van der Waals surface area contributed by atoms with Crippen molar-refractivity contribution in [1.82, 2.24) is 44.5 Å². The van der Waals surface area contributed by atoms with Crippen molar-refractivity contribution in [3.05, 3.63) is 77.4 Å². The number of nitrogens with two attached hydrogens (primary N) is 2. The molecule has 0 spiro atoms. The lowest BCUT2D eigenvalue weighted by molar-refractivity contribution is -0.129. The average Bonchev–Trinajstić information content (AvgIpc) is 3.67. The number of hydrogen-bond acceptors (Lipinski definition) is 12. The first-order chi connectivity index (χ1) is 23.3. The smallest absolute Gasteiger partial charge is 0.292 e. The van der Waals surface area contributed by atoms with Crippen molar-refractivity contribution in [3.63, 3.8) is 0 Å². The average molecular weight is 645 g/mol. The van der Waals surface area contributed by atoms with Crippen LogP contribution in [0.25, 0.3) is 33.4 Å². The van der Waals surface area contributed by atoms with Crippen molar-refractivity contribution in [3.8, 4) is 11.3 Å². The third-order valence-electron chi connectivity index (χ3n) is 9.03. The van der Waals surface area contributed by atoms with Crippen LogP contribution >= 0.6 is 0 Å². The molecule has 0 aliphatic carbocycles. The first-order valence-corrected chi connectivity index (χ1v) is 15.7. The third kappa shape index (κ3) is 5.28. The highest BCUT2D eigenvalue weighted by Gasteiger charge is 2.25. The Hall–Kier alpha value is -6.12. The second kappa shape index (κ2) is 11.6. The zero-order valence-electron chi connectivity index (χ0n) is 26.2. The molecule has 6 heterocycles. The van der Waals surface area contributed by atoms with E-state index in [0.717, 1.165) is 23.1 Å². The van der Waals surface area contributed by atoms with Crippen molar-refractivity contribution in [2.24, 2.45) is 0 Å². The molecule has 48 heavy (non-hydrogen) atoms. The summed E-state index contributed by atoms with van der Waals surface area (Å²) in [4.78, 5) is 52.6. The van der Waals surface area contributed by atoms with Gasteiger partial charge in [-0.05, 0) is 41.3 Å². The number of oxazole rings is 1. The number of nitrogen functional groups attached to an aromatic ring is 2. The second-order valence-electron chi connectivity index (χ2n) is 12.0. The van der Waals surface area contributed by atoms with Crippen LogP contribution in [-0.2, 0) is 24.3 Å². The summed E-state index contributed by atoms with van der Waals surface area (Å²) in [5.74, 6) is 0.877. The Bertz CT molecular complexity index is 2200. The highest BCUT2D eigenvalue weighted by Crippen LogP contribution is 2.33. The second-order valence-corrected chi connectivity index (χ2v) is 12.0. The van der Waals surface area contributed by atoms with Gasteiger partial charge in [0.2, 0.25) is 11.9 Å². The molecule has 4 aromatic heterocycles. The number of carbonyl (C=O) groups excluding carboxylic acids is 2. The molecule has 242 valence electrons. The summed E-state index contributed by atoms with van der Waals surface area (Å²) < 4.78 is 7.26. The Morgan fingerprint density at radius 3 is 2.50 bits per heavy atom. The number of hydrogen-bond donors (Lipinski definition) is 2. The SMILES string of the molecule is CC(=O)N1CCN(c2ncc(C(=O)N3CCc4cc(Cn5nc(-c6ccc7oc(N)nc7c6)c6c(N)ncnc65)ccc4C3)cn2)CC1. The highest BCUT2D eigenvalue weighted by molar-refractivity contribution is 5.99. The standard InChI is InChI=1S/C33H32N12O3/c1-19(46)42-8-10-43(11-9-42)33-36-14-24(15-37-33)31(47)44-7-6-21-12-20(2-3-23(21)17-44)16-45-30-27(29(34)38-18-39-30)28(41-45)22-4-5-26-25(13-22)40-32(35)48-26/h2-5,12-15,18H,6-11,16-17H2,1H3,(H2,35,40)(H2,34,38,39). The van der Waals surface area contributed by atoms with E-state index in [2.05, 4.69) is 43.1 Å². The van der Waals surface area contributed by atoms with Crippen molar-refractivity contribution in [2.75, 3.05) is 49.1 Å². The van der Waals surface area contributed by atoms with Crippen LogP contribution in [0, 0.1) is 0 Å². The van der Waals surface area contributed by atoms with Crippen LogP contribution in [0.15, 0.2) is 59.5 Å². The van der Waals surface area contributed by atoms with Crippen molar-refractivity contribution in [1.29, 1.82) is 0 Å². The van der Waals surface area contributed by atoms with Gasteiger partial charge in [-0.25, -0.2) is 24.6 Å². The van der Waals surface area contributed by atoms with Crippen LogP contribution in [0.5, 0.6) is 0 Å². The molecule has 15 nitrogen and oxygen atoms in total. The molecule has 2 amide bonds. The van der Waals surface area contributed by atoms with E-state index >= 15 is 0 Å². The maximum absolute atomic E-state index is 13.4. The monoisotopic (exact) mass is 644 g/mol. The van der Waals surface area contributed by atoms with E-state index in [9.17, 15) is 9.59 Å². The summed E-state index contributed by atoms with van der Waals surface area (Å²) in [6.07, 6.45) is 5.35. The largest absolute Gasteiger partial charge is 0.424 e. The van der Waals surface area contributed by atoms with E-state index in [4.69, 9.17) is 21.0 Å². The maximum atomic E-state index is 13.4. The Morgan fingerprint density at radius 1 is 0.896 bits per heavy atom. The molecule has 1 saturated heterocycles. The lowest BCUT2D eigenvalue weighted by Crippen LogP contribution is -2.48. The van der Waals surface area contributed by atoms with Gasteiger partial charge in [-0.15, -0.1) is 0 Å². The molecule has 0 unspecified atom stereocenters. The van der Waals surface area contributed by atoms with Crippen LogP contribution in [-0.4, -0.2) is 89.0 Å². The fraction of sp³-hybridized carbons (Fsp3) is 0.273. The van der Waals surface area contributed by atoms with Gasteiger partial charge >= 0.3 is 0 Å². The van der Waals surface area contributed by atoms with E-state index in [-0.39, 0.29) is 17.8 Å². The Labute approximate surface area is 274 Å². The fourth-order valence-corrected chi connectivity index (χ4v) is 6.49. The number of nitrogens with zero attached hydrogens (tertiary/aromatic N) is 10. The summed E-state index contributed by atoms with van der Waals surface area (Å²) in [5, 5.41) is 5.58. The fourth-order valence-electron chi connectivity index (χ4n) is 6.49. The minimum atomic E-state index is -0.100. The van der Waals surface area contributed by atoms with E-state index in [1.165, 1.54) is 11.9 Å². The summed E-state index contributed by atoms with van der Waals surface area (Å²) in [5.41, 5.74) is 19.1. The van der Waals surface area contributed by atoms with Gasteiger partial charge in [0.15, 0.2) is 11.2 Å². The summed E-state index contributed by atoms with van der Waals surface area (Å²) in [6.45, 7) is 5.71. The molecule has 0 saturated carbocycles. The van der Waals surface area contributed by atoms with Gasteiger partial charge in [-0.2, -0.15) is 10.1 Å². The van der Waals surface area contributed by atoms with Crippen LogP contribution < -0.4 is 16.4 Å². The van der Waals surface area contributed by atoms with Crippen LogP contribution in [0.3, 0.4) is 0 Å². The van der Waals surface area contributed by atoms with Gasteiger partial charge in [0, 0.05) is 64.1 Å². The van der Waals surface area contributed by atoms with Gasteiger partial charge in [0.05, 0.1) is 17.5 Å². The predicted octanol–water partition coefficient (Wildman–Crippen LogP) is 2.50. The van der Waals surface area contributed by atoms with Crippen LogP contribution in [0.2, 0.25) is 0 Å². The lowest BCUT2D eigenvalue weighted by atomic mass is 9.97. The van der Waals surface area contributed by atoms with Crippen molar-refractivity contribution in [2.45, 2.75) is 26.4 Å². The number of fused-ring (bicyclic) bond motifs is 3. The minimum absolute atomic E-state index is 0.0717. The Kier molecular flexibility index (Phi) is 7.08. The predicted molar refractivity (Wildman–Crippen MR) is 178 cm³/mol. The van der Waals surface area contributed by atoms with E-state index in [0.29, 0.717) is 91.0 Å². The van der Waals surface area contributed by atoms with Crippen molar-refractivity contribution < 1.29 is 14.0 Å². The maximum Gasteiger partial charge on any atom is 0.292 e. The quantitative estimate of drug-likeness (QED) is 0.279. The number of carbonyl (C=O) groups is 2. The number of aromatic nitrogens is 7. The molecule has 1 fully saturated rings. The number of piperazine rings is 1. The highest BCUT2D eigenvalue weighted by atomic mass is 16.4. The first kappa shape index (κ1) is 29.3. The van der Waals surface area contributed by atoms with Crippen molar-refractivity contribution >= 4 is 51.7 Å². The van der Waals surface area contributed by atoms with E-state index in [1.807, 2.05) is 31.5 Å². The number of amides is 2. The number of benzene rings is 2. The van der Waals surface area contributed by atoms with Gasteiger partial charge in [-0.3, -0.25) is 9.59 Å². The molecular weight excluding hydrogens is 612 g/mol. The molecule has 0 atom stereocenters. The summed E-state index contributed by atoms with van der Waals surface area (Å²) >= 11 is 0. The molecule has 2 aliphatic heterocycles. The summed E-state index contributed by atoms with van der Waals surface area (Å²) in [6, 6.07) is 11.9. The molecule has 15 heteroatoms. The zero-order valence-corrected chi connectivity index (χ0v) is 26.2. The molecule has 0 radical (unpaired) electrons. The molecule has 2 aromatic carbocycles. The molecule has 8 rings (SSSR count). The van der Waals surface area contributed by atoms with Crippen LogP contribution in [0.4, 0.5) is 17.8 Å². The van der Waals surface area contributed by atoms with E-state index in [1.54, 1.807) is 25.4 Å². The van der Waals surface area contributed by atoms with E-state index < -0.39 is 0 Å². The van der Waals surface area contributed by atoms with Gasteiger partial charge in [0.1, 0.15) is 23.4 Å². The Balaban J connectivity index is 0.981. The van der Waals surface area contributed by atoms with Gasteiger partial charge in [0.25, 0.3) is 11.9 Å². The first-order valence-electron chi connectivity index (χ1n) is 15.7.